The fraction of sp³-hybridized carbons (Fsp3) is 0.333. The first-order valence-electron chi connectivity index (χ1n) is 5.99. The highest BCUT2D eigenvalue weighted by Gasteiger charge is 2.31. The zero-order chi connectivity index (χ0) is 14.8. The topological polar surface area (TPSA) is 110 Å². The van der Waals surface area contributed by atoms with Gasteiger partial charge in [0.1, 0.15) is 0 Å². The smallest absolute Gasteiger partial charge is 0.241 e. The monoisotopic (exact) mass is 297 g/mol. The molecule has 0 aliphatic carbocycles. The van der Waals surface area contributed by atoms with Gasteiger partial charge in [-0.2, -0.15) is 4.31 Å². The lowest BCUT2D eigenvalue weighted by Gasteiger charge is -2.24. The number of nitrogens with zero attached hydrogens (tertiary/aromatic N) is 1. The second-order valence-corrected chi connectivity index (χ2v) is 6.49. The van der Waals surface area contributed by atoms with Crippen molar-refractivity contribution in [2.45, 2.75) is 12.3 Å². The van der Waals surface area contributed by atoms with Gasteiger partial charge in [-0.3, -0.25) is 14.9 Å². The first-order chi connectivity index (χ1) is 9.40. The molecule has 1 fully saturated rings. The summed E-state index contributed by atoms with van der Waals surface area (Å²) in [5.74, 6) is -1.47. The summed E-state index contributed by atoms with van der Waals surface area (Å²) in [4.78, 5) is 22.4. The Labute approximate surface area is 116 Å². The van der Waals surface area contributed by atoms with Crippen molar-refractivity contribution in [3.63, 3.8) is 0 Å². The number of amides is 2. The number of nitrogens with two attached hydrogens (primary N) is 1. The van der Waals surface area contributed by atoms with Crippen LogP contribution in [0.2, 0.25) is 0 Å². The summed E-state index contributed by atoms with van der Waals surface area (Å²) in [5.41, 5.74) is 6.95. The summed E-state index contributed by atoms with van der Waals surface area (Å²) in [7, 11) is -3.70. The maximum Gasteiger partial charge on any atom is 0.241 e. The molecule has 2 amide bonds. The van der Waals surface area contributed by atoms with Crippen molar-refractivity contribution in [2.75, 3.05) is 13.1 Å². The highest BCUT2D eigenvalue weighted by Crippen LogP contribution is 2.13. The maximum absolute atomic E-state index is 12.2. The van der Waals surface area contributed by atoms with Crippen molar-refractivity contribution in [3.05, 3.63) is 35.4 Å². The third-order valence-electron chi connectivity index (χ3n) is 2.92. The molecule has 7 nitrogen and oxygen atoms in total. The lowest BCUT2D eigenvalue weighted by Crippen LogP contribution is -2.53. The maximum atomic E-state index is 12.2. The van der Waals surface area contributed by atoms with Crippen LogP contribution >= 0.6 is 0 Å². The van der Waals surface area contributed by atoms with Crippen molar-refractivity contribution in [1.82, 2.24) is 9.62 Å². The van der Waals surface area contributed by atoms with Crippen LogP contribution in [-0.4, -0.2) is 37.6 Å². The van der Waals surface area contributed by atoms with Crippen LogP contribution in [0.15, 0.2) is 24.3 Å². The van der Waals surface area contributed by atoms with Gasteiger partial charge in [0.05, 0.1) is 18.8 Å². The summed E-state index contributed by atoms with van der Waals surface area (Å²) < 4.78 is 25.2. The predicted octanol–water partition coefficient (Wildman–Crippen LogP) is -1.07. The number of imide groups is 1. The average Bonchev–Trinajstić information content (AvgIpc) is 2.38. The van der Waals surface area contributed by atoms with E-state index >= 15 is 0 Å². The van der Waals surface area contributed by atoms with Crippen LogP contribution in [-0.2, 0) is 31.9 Å². The van der Waals surface area contributed by atoms with Gasteiger partial charge in [0, 0.05) is 6.54 Å². The zero-order valence-electron chi connectivity index (χ0n) is 10.7. The van der Waals surface area contributed by atoms with Crippen molar-refractivity contribution in [2.24, 2.45) is 5.73 Å². The van der Waals surface area contributed by atoms with Crippen LogP contribution in [0.5, 0.6) is 0 Å². The fourth-order valence-corrected chi connectivity index (χ4v) is 3.31. The number of benzene rings is 1. The molecule has 0 bridgehead atoms. The van der Waals surface area contributed by atoms with Crippen LogP contribution in [0.3, 0.4) is 0 Å². The Morgan fingerprint density at radius 2 is 1.55 bits per heavy atom. The summed E-state index contributed by atoms with van der Waals surface area (Å²) in [6.07, 6.45) is 0. The van der Waals surface area contributed by atoms with Crippen molar-refractivity contribution in [3.8, 4) is 0 Å². The molecule has 0 radical (unpaired) electrons. The molecular weight excluding hydrogens is 282 g/mol. The molecule has 2 rings (SSSR count). The largest absolute Gasteiger partial charge is 0.326 e. The normalized spacial score (nSPS) is 17.1. The molecule has 0 saturated carbocycles. The molecule has 1 heterocycles. The Kier molecular flexibility index (Phi) is 4.17. The van der Waals surface area contributed by atoms with Gasteiger partial charge in [0.25, 0.3) is 0 Å². The molecule has 0 aromatic heterocycles. The summed E-state index contributed by atoms with van der Waals surface area (Å²) in [6, 6.07) is 6.84. The van der Waals surface area contributed by atoms with E-state index in [-0.39, 0.29) is 18.8 Å². The lowest BCUT2D eigenvalue weighted by molar-refractivity contribution is -0.134. The quantitative estimate of drug-likeness (QED) is 0.688. The number of carbonyl (C=O) groups is 2. The van der Waals surface area contributed by atoms with E-state index in [1.165, 1.54) is 0 Å². The molecule has 1 aromatic rings. The molecule has 108 valence electrons. The Bertz CT molecular complexity index is 609. The summed E-state index contributed by atoms with van der Waals surface area (Å²) in [5, 5.41) is 2.06. The lowest BCUT2D eigenvalue weighted by atomic mass is 10.1. The molecule has 1 aromatic carbocycles. The molecule has 8 heteroatoms. The molecule has 20 heavy (non-hydrogen) atoms. The number of carbonyl (C=O) groups excluding carboxylic acids is 2. The standard InChI is InChI=1S/C12H15N3O4S/c13-5-9-1-3-10(4-2-9)8-20(18,19)15-6-11(16)14-12(17)7-15/h1-4H,5-8,13H2,(H,14,16,17). The second-order valence-electron chi connectivity index (χ2n) is 4.52. The van der Waals surface area contributed by atoms with Crippen LogP contribution in [0.4, 0.5) is 0 Å². The van der Waals surface area contributed by atoms with Crippen LogP contribution in [0.25, 0.3) is 0 Å². The van der Waals surface area contributed by atoms with Crippen LogP contribution in [0, 0.1) is 0 Å². The van der Waals surface area contributed by atoms with Gasteiger partial charge < -0.3 is 5.73 Å². The fourth-order valence-electron chi connectivity index (χ4n) is 1.88. The van der Waals surface area contributed by atoms with Crippen molar-refractivity contribution in [1.29, 1.82) is 0 Å². The summed E-state index contributed by atoms with van der Waals surface area (Å²) >= 11 is 0. The Morgan fingerprint density at radius 1 is 1.05 bits per heavy atom. The number of piperazine rings is 1. The van der Waals surface area contributed by atoms with E-state index in [1.807, 2.05) is 0 Å². The van der Waals surface area contributed by atoms with E-state index in [0.717, 1.165) is 9.87 Å². The van der Waals surface area contributed by atoms with Crippen LogP contribution < -0.4 is 11.1 Å². The molecule has 1 saturated heterocycles. The first-order valence-corrected chi connectivity index (χ1v) is 7.60. The van der Waals surface area contributed by atoms with E-state index in [2.05, 4.69) is 5.32 Å². The Morgan fingerprint density at radius 3 is 2.05 bits per heavy atom. The zero-order valence-corrected chi connectivity index (χ0v) is 11.5. The van der Waals surface area contributed by atoms with Gasteiger partial charge in [0.15, 0.2) is 0 Å². The van der Waals surface area contributed by atoms with E-state index in [1.54, 1.807) is 24.3 Å². The minimum absolute atomic E-state index is 0.252. The van der Waals surface area contributed by atoms with Gasteiger partial charge in [-0.25, -0.2) is 8.42 Å². The van der Waals surface area contributed by atoms with E-state index in [9.17, 15) is 18.0 Å². The molecule has 1 aliphatic heterocycles. The van der Waals surface area contributed by atoms with Crippen molar-refractivity contribution >= 4 is 21.8 Å². The second kappa shape index (κ2) is 5.70. The molecule has 0 unspecified atom stereocenters. The predicted molar refractivity (Wildman–Crippen MR) is 71.7 cm³/mol. The molecule has 3 N–H and O–H groups in total. The molecule has 0 atom stereocenters. The Balaban J connectivity index is 2.13. The average molecular weight is 297 g/mol. The summed E-state index contributed by atoms with van der Waals surface area (Å²) in [6.45, 7) is -0.266. The number of rotatable bonds is 4. The van der Waals surface area contributed by atoms with Crippen molar-refractivity contribution < 1.29 is 18.0 Å². The number of hydrogen-bond acceptors (Lipinski definition) is 5. The Hall–Kier alpha value is -1.77. The minimum atomic E-state index is -3.70. The van der Waals surface area contributed by atoms with Gasteiger partial charge in [-0.1, -0.05) is 24.3 Å². The number of nitrogens with one attached hydrogen (secondary N) is 1. The minimum Gasteiger partial charge on any atom is -0.326 e. The van der Waals surface area contributed by atoms with E-state index in [4.69, 9.17) is 5.73 Å². The molecule has 1 aliphatic rings. The number of hydrogen-bond donors (Lipinski definition) is 2. The third kappa shape index (κ3) is 3.41. The van der Waals surface area contributed by atoms with E-state index < -0.39 is 21.8 Å². The SMILES string of the molecule is NCc1ccc(CS(=O)(=O)N2CC(=O)NC(=O)C2)cc1. The van der Waals surface area contributed by atoms with Gasteiger partial charge in [-0.05, 0) is 11.1 Å². The first kappa shape index (κ1) is 14.6. The molecular formula is C12H15N3O4S. The number of sulfonamides is 1. The highest BCUT2D eigenvalue weighted by molar-refractivity contribution is 7.88. The van der Waals surface area contributed by atoms with Gasteiger partial charge in [-0.15, -0.1) is 0 Å². The third-order valence-corrected chi connectivity index (χ3v) is 4.66. The van der Waals surface area contributed by atoms with Crippen LogP contribution in [0.1, 0.15) is 11.1 Å². The van der Waals surface area contributed by atoms with E-state index in [0.29, 0.717) is 12.1 Å². The molecule has 0 spiro atoms. The van der Waals surface area contributed by atoms with Gasteiger partial charge >= 0.3 is 0 Å². The highest BCUT2D eigenvalue weighted by atomic mass is 32.2. The van der Waals surface area contributed by atoms with Gasteiger partial charge in [0.2, 0.25) is 21.8 Å².